The van der Waals surface area contributed by atoms with Crippen LogP contribution in [0.2, 0.25) is 0 Å². The summed E-state index contributed by atoms with van der Waals surface area (Å²) in [6.07, 6.45) is 0. The molecule has 0 atom stereocenters. The third kappa shape index (κ3) is 6.39. The van der Waals surface area contributed by atoms with Crippen LogP contribution in [0.5, 0.6) is 5.75 Å². The van der Waals surface area contributed by atoms with E-state index in [9.17, 15) is 0 Å². The summed E-state index contributed by atoms with van der Waals surface area (Å²) in [5.74, 6) is 1.49. The van der Waals surface area contributed by atoms with Crippen LogP contribution in [0.25, 0.3) is 22.5 Å². The van der Waals surface area contributed by atoms with Crippen LogP contribution in [-0.2, 0) is 17.9 Å². The number of tetrazole rings is 1. The summed E-state index contributed by atoms with van der Waals surface area (Å²) in [4.78, 5) is 7.07. The number of benzene rings is 2. The lowest BCUT2D eigenvalue weighted by Gasteiger charge is -2.28. The van der Waals surface area contributed by atoms with E-state index in [1.54, 1.807) is 0 Å². The van der Waals surface area contributed by atoms with Crippen LogP contribution in [0.15, 0.2) is 54.6 Å². The van der Waals surface area contributed by atoms with Gasteiger partial charge in [-0.05, 0) is 35.8 Å². The first-order chi connectivity index (χ1) is 16.7. The number of rotatable bonds is 7. The molecule has 10 heteroatoms. The minimum atomic E-state index is 0. The van der Waals surface area contributed by atoms with Crippen molar-refractivity contribution in [2.24, 2.45) is 0 Å². The summed E-state index contributed by atoms with van der Waals surface area (Å²) >= 11 is 0. The van der Waals surface area contributed by atoms with E-state index >= 15 is 0 Å². The summed E-state index contributed by atoms with van der Waals surface area (Å²) < 4.78 is 11.8. The third-order valence-corrected chi connectivity index (χ3v) is 6.08. The maximum absolute atomic E-state index is 6.32. The van der Waals surface area contributed by atoms with Crippen molar-refractivity contribution in [2.45, 2.75) is 27.0 Å². The van der Waals surface area contributed by atoms with E-state index in [0.29, 0.717) is 12.4 Å². The fourth-order valence-corrected chi connectivity index (χ4v) is 4.27. The molecule has 0 radical (unpaired) electrons. The molecule has 0 saturated carbocycles. The normalized spacial score (nSPS) is 13.5. The Kier molecular flexibility index (Phi) is 9.78. The zero-order valence-corrected chi connectivity index (χ0v) is 21.9. The first kappa shape index (κ1) is 27.5. The van der Waals surface area contributed by atoms with Gasteiger partial charge in [0.05, 0.1) is 13.2 Å². The lowest BCUT2D eigenvalue weighted by atomic mass is 9.98. The number of H-pyrrole nitrogens is 1. The highest BCUT2D eigenvalue weighted by Crippen LogP contribution is 2.30. The lowest BCUT2D eigenvalue weighted by Crippen LogP contribution is -2.36. The van der Waals surface area contributed by atoms with E-state index in [1.807, 2.05) is 31.2 Å². The van der Waals surface area contributed by atoms with Crippen molar-refractivity contribution >= 4 is 24.8 Å². The fraction of sp³-hybridized carbons (Fsp3) is 0.308. The van der Waals surface area contributed by atoms with Gasteiger partial charge in [0.15, 0.2) is 0 Å². The maximum Gasteiger partial charge on any atom is 0.205 e. The van der Waals surface area contributed by atoms with E-state index in [2.05, 4.69) is 67.8 Å². The molecule has 0 aliphatic carbocycles. The SMILES string of the molecule is Cc1cc(OCc2ccc(-c3ccccc3-c3nn[nH]n3)cc2)c(CN2CCOCC2)c(C)n1.Cl.Cl. The van der Waals surface area contributed by atoms with Gasteiger partial charge in [-0.25, -0.2) is 0 Å². The average Bonchev–Trinajstić information content (AvgIpc) is 3.41. The number of nitrogens with zero attached hydrogens (tertiary/aromatic N) is 5. The largest absolute Gasteiger partial charge is 0.488 e. The molecule has 1 saturated heterocycles. The van der Waals surface area contributed by atoms with Gasteiger partial charge in [0, 0.05) is 48.2 Å². The van der Waals surface area contributed by atoms with Crippen LogP contribution in [-0.4, -0.2) is 56.8 Å². The van der Waals surface area contributed by atoms with Crippen LogP contribution >= 0.6 is 24.8 Å². The number of pyridine rings is 1. The minimum absolute atomic E-state index is 0. The molecule has 0 unspecified atom stereocenters. The lowest BCUT2D eigenvalue weighted by molar-refractivity contribution is 0.0336. The quantitative estimate of drug-likeness (QED) is 0.368. The number of aromatic amines is 1. The molecule has 0 bridgehead atoms. The second-order valence-electron chi connectivity index (χ2n) is 8.48. The first-order valence-electron chi connectivity index (χ1n) is 11.5. The van der Waals surface area contributed by atoms with Crippen molar-refractivity contribution in [2.75, 3.05) is 26.3 Å². The van der Waals surface area contributed by atoms with Gasteiger partial charge in [-0.15, -0.1) is 35.0 Å². The first-order valence-corrected chi connectivity index (χ1v) is 11.5. The van der Waals surface area contributed by atoms with Crippen LogP contribution in [0.3, 0.4) is 0 Å². The Morgan fingerprint density at radius 2 is 1.69 bits per heavy atom. The molecular weight excluding hydrogens is 499 g/mol. The second kappa shape index (κ2) is 12.8. The number of hydrogen-bond donors (Lipinski definition) is 1. The molecule has 4 aromatic rings. The van der Waals surface area contributed by atoms with Gasteiger partial charge in [0.1, 0.15) is 12.4 Å². The van der Waals surface area contributed by atoms with E-state index < -0.39 is 0 Å². The van der Waals surface area contributed by atoms with Gasteiger partial charge in [-0.1, -0.05) is 48.5 Å². The van der Waals surface area contributed by atoms with Gasteiger partial charge in [-0.2, -0.15) is 5.21 Å². The van der Waals surface area contributed by atoms with Gasteiger partial charge < -0.3 is 9.47 Å². The number of ether oxygens (including phenoxy) is 2. The average molecular weight is 529 g/mol. The summed E-state index contributed by atoms with van der Waals surface area (Å²) in [5.41, 5.74) is 7.33. The summed E-state index contributed by atoms with van der Waals surface area (Å²) in [6.45, 7) is 8.79. The molecule has 1 N–H and O–H groups in total. The molecule has 1 aliphatic rings. The summed E-state index contributed by atoms with van der Waals surface area (Å²) in [5, 5.41) is 14.5. The van der Waals surface area contributed by atoms with E-state index in [-0.39, 0.29) is 24.8 Å². The van der Waals surface area contributed by atoms with Crippen molar-refractivity contribution in [1.29, 1.82) is 0 Å². The van der Waals surface area contributed by atoms with Gasteiger partial charge in [0.2, 0.25) is 5.82 Å². The Hall–Kier alpha value is -3.04. The van der Waals surface area contributed by atoms with Crippen LogP contribution in [0.1, 0.15) is 22.5 Å². The highest BCUT2D eigenvalue weighted by molar-refractivity contribution is 5.85. The number of hydrogen-bond acceptors (Lipinski definition) is 7. The molecule has 3 heterocycles. The maximum atomic E-state index is 6.32. The molecule has 190 valence electrons. The predicted octanol–water partition coefficient (Wildman–Crippen LogP) is 4.80. The molecule has 36 heavy (non-hydrogen) atoms. The van der Waals surface area contributed by atoms with Gasteiger partial charge in [-0.3, -0.25) is 9.88 Å². The van der Waals surface area contributed by atoms with Crippen molar-refractivity contribution in [3.05, 3.63) is 77.1 Å². The molecule has 1 fully saturated rings. The fourth-order valence-electron chi connectivity index (χ4n) is 4.27. The van der Waals surface area contributed by atoms with Gasteiger partial charge >= 0.3 is 0 Å². The highest BCUT2D eigenvalue weighted by Gasteiger charge is 2.17. The Balaban J connectivity index is 0.00000180. The summed E-state index contributed by atoms with van der Waals surface area (Å²) in [7, 11) is 0. The monoisotopic (exact) mass is 528 g/mol. The number of morpholine rings is 1. The third-order valence-electron chi connectivity index (χ3n) is 6.08. The predicted molar refractivity (Wildman–Crippen MR) is 144 cm³/mol. The van der Waals surface area contributed by atoms with Crippen LogP contribution < -0.4 is 4.74 Å². The Labute approximate surface area is 223 Å². The number of aryl methyl sites for hydroxylation is 2. The highest BCUT2D eigenvalue weighted by atomic mass is 35.5. The Morgan fingerprint density at radius 1 is 0.972 bits per heavy atom. The number of nitrogens with one attached hydrogen (secondary N) is 1. The number of halogens is 2. The van der Waals surface area contributed by atoms with Gasteiger partial charge in [0.25, 0.3) is 0 Å². The smallest absolute Gasteiger partial charge is 0.205 e. The van der Waals surface area contributed by atoms with E-state index in [4.69, 9.17) is 9.47 Å². The van der Waals surface area contributed by atoms with E-state index in [1.165, 1.54) is 0 Å². The molecule has 5 rings (SSSR count). The standard InChI is InChI=1S/C26H28N6O2.2ClH/c1-18-15-25(24(19(2)27-18)16-32-11-13-33-14-12-32)34-17-20-7-9-21(10-8-20)22-5-3-4-6-23(22)26-28-30-31-29-26;;/h3-10,15H,11-14,16-17H2,1-2H3,(H,28,29,30,31);2*1H. The Bertz CT molecular complexity index is 1250. The van der Waals surface area contributed by atoms with Crippen LogP contribution in [0, 0.1) is 13.8 Å². The molecule has 2 aromatic carbocycles. The summed E-state index contributed by atoms with van der Waals surface area (Å²) in [6, 6.07) is 18.5. The minimum Gasteiger partial charge on any atom is -0.488 e. The zero-order valence-electron chi connectivity index (χ0n) is 20.3. The zero-order chi connectivity index (χ0) is 23.3. The van der Waals surface area contributed by atoms with Crippen LogP contribution in [0.4, 0.5) is 0 Å². The van der Waals surface area contributed by atoms with Crippen molar-refractivity contribution in [3.63, 3.8) is 0 Å². The topological polar surface area (TPSA) is 89.1 Å². The molecule has 1 aliphatic heterocycles. The van der Waals surface area contributed by atoms with Crippen molar-refractivity contribution in [1.82, 2.24) is 30.5 Å². The molecule has 8 nitrogen and oxygen atoms in total. The Morgan fingerprint density at radius 3 is 2.39 bits per heavy atom. The number of aromatic nitrogens is 5. The van der Waals surface area contributed by atoms with E-state index in [0.717, 1.165) is 77.8 Å². The second-order valence-corrected chi connectivity index (χ2v) is 8.48. The van der Waals surface area contributed by atoms with Crippen molar-refractivity contribution in [3.8, 4) is 28.3 Å². The van der Waals surface area contributed by atoms with Crippen molar-refractivity contribution < 1.29 is 9.47 Å². The molecule has 0 spiro atoms. The molecule has 0 amide bonds. The molecule has 2 aromatic heterocycles. The molecular formula is C26H30Cl2N6O2.